The van der Waals surface area contributed by atoms with Crippen molar-refractivity contribution in [2.75, 3.05) is 31.6 Å². The van der Waals surface area contributed by atoms with E-state index in [1.54, 1.807) is 6.20 Å². The first-order valence-electron chi connectivity index (χ1n) is 13.3. The number of hydrogen-bond acceptors (Lipinski definition) is 6. The number of piperidine rings is 1. The normalized spacial score (nSPS) is 27.0. The van der Waals surface area contributed by atoms with Gasteiger partial charge in [0.25, 0.3) is 11.8 Å². The second-order valence-electron chi connectivity index (χ2n) is 10.9. The molecule has 190 valence electrons. The molecule has 3 atom stereocenters. The molecule has 2 aromatic rings. The molecule has 8 nitrogen and oxygen atoms in total. The summed E-state index contributed by atoms with van der Waals surface area (Å²) in [6.45, 7) is 4.59. The Kier molecular flexibility index (Phi) is 6.07. The molecule has 2 amide bonds. The van der Waals surface area contributed by atoms with Gasteiger partial charge in [0.2, 0.25) is 0 Å². The number of likely N-dealkylation sites (N-methyl/N-ethyl adjacent to an activating group) is 1. The summed E-state index contributed by atoms with van der Waals surface area (Å²) in [5.41, 5.74) is 3.45. The number of nitrogens with one attached hydrogen (secondary N) is 2. The quantitative estimate of drug-likeness (QED) is 0.672. The molecular formula is C28H35N5O3. The molecule has 0 saturated carbocycles. The molecule has 8 heteroatoms. The Morgan fingerprint density at radius 1 is 1.00 bits per heavy atom. The summed E-state index contributed by atoms with van der Waals surface area (Å²) >= 11 is 0. The first kappa shape index (κ1) is 23.3. The van der Waals surface area contributed by atoms with Crippen molar-refractivity contribution in [3.63, 3.8) is 0 Å². The Balaban J connectivity index is 1.08. The van der Waals surface area contributed by atoms with Gasteiger partial charge in [-0.3, -0.25) is 9.59 Å². The largest absolute Gasteiger partial charge is 0.493 e. The van der Waals surface area contributed by atoms with Gasteiger partial charge >= 0.3 is 0 Å². The molecule has 2 unspecified atom stereocenters. The number of amides is 2. The van der Waals surface area contributed by atoms with Crippen LogP contribution < -0.4 is 20.3 Å². The fourth-order valence-corrected chi connectivity index (χ4v) is 6.58. The van der Waals surface area contributed by atoms with Crippen molar-refractivity contribution in [1.29, 1.82) is 0 Å². The number of hydrogen-bond donors (Lipinski definition) is 2. The Labute approximate surface area is 212 Å². The molecule has 0 spiro atoms. The third kappa shape index (κ3) is 4.32. The van der Waals surface area contributed by atoms with Gasteiger partial charge in [0, 0.05) is 54.5 Å². The number of ether oxygens (including phenoxy) is 1. The van der Waals surface area contributed by atoms with Crippen LogP contribution in [0.1, 0.15) is 63.9 Å². The van der Waals surface area contributed by atoms with Gasteiger partial charge in [-0.1, -0.05) is 6.07 Å². The van der Waals surface area contributed by atoms with E-state index in [0.717, 1.165) is 68.7 Å². The molecule has 36 heavy (non-hydrogen) atoms. The van der Waals surface area contributed by atoms with Crippen LogP contribution in [0.5, 0.6) is 5.75 Å². The number of pyridine rings is 1. The topological polar surface area (TPSA) is 86.8 Å². The summed E-state index contributed by atoms with van der Waals surface area (Å²) in [6.07, 6.45) is 7.61. The first-order chi connectivity index (χ1) is 17.5. The van der Waals surface area contributed by atoms with Crippen LogP contribution in [0.15, 0.2) is 30.5 Å². The molecule has 0 aliphatic carbocycles. The highest BCUT2D eigenvalue weighted by molar-refractivity contribution is 5.97. The molecule has 1 aromatic heterocycles. The van der Waals surface area contributed by atoms with Crippen LogP contribution >= 0.6 is 0 Å². The van der Waals surface area contributed by atoms with Crippen LogP contribution in [0, 0.1) is 6.92 Å². The third-order valence-electron chi connectivity index (χ3n) is 8.42. The zero-order chi connectivity index (χ0) is 24.8. The fraction of sp³-hybridized carbons (Fsp3) is 0.536. The predicted octanol–water partition coefficient (Wildman–Crippen LogP) is 2.69. The zero-order valence-electron chi connectivity index (χ0n) is 21.1. The van der Waals surface area contributed by atoms with E-state index >= 15 is 0 Å². The third-order valence-corrected chi connectivity index (χ3v) is 8.42. The van der Waals surface area contributed by atoms with Crippen molar-refractivity contribution >= 4 is 17.6 Å². The van der Waals surface area contributed by atoms with Crippen LogP contribution in [-0.4, -0.2) is 72.6 Å². The molecule has 5 heterocycles. The van der Waals surface area contributed by atoms with Crippen LogP contribution in [-0.2, 0) is 6.42 Å². The summed E-state index contributed by atoms with van der Waals surface area (Å²) in [6, 6.07) is 8.89. The molecule has 3 fully saturated rings. The van der Waals surface area contributed by atoms with Gasteiger partial charge < -0.3 is 25.2 Å². The first-order valence-corrected chi connectivity index (χ1v) is 13.3. The predicted molar refractivity (Wildman–Crippen MR) is 138 cm³/mol. The molecule has 0 radical (unpaired) electrons. The molecule has 1 aromatic carbocycles. The number of aromatic nitrogens is 1. The van der Waals surface area contributed by atoms with E-state index in [0.29, 0.717) is 29.8 Å². The summed E-state index contributed by atoms with van der Waals surface area (Å²) < 4.78 is 5.76. The molecule has 3 saturated heterocycles. The minimum Gasteiger partial charge on any atom is -0.493 e. The maximum Gasteiger partial charge on any atom is 0.253 e. The van der Waals surface area contributed by atoms with E-state index in [1.807, 2.05) is 31.2 Å². The second kappa shape index (κ2) is 9.39. The van der Waals surface area contributed by atoms with Crippen molar-refractivity contribution in [3.05, 3.63) is 52.7 Å². The lowest BCUT2D eigenvalue weighted by Gasteiger charge is -2.40. The average Bonchev–Trinajstić information content (AvgIpc) is 3.57. The zero-order valence-corrected chi connectivity index (χ0v) is 21.1. The Bertz CT molecular complexity index is 1150. The monoisotopic (exact) mass is 489 g/mol. The highest BCUT2D eigenvalue weighted by Gasteiger charge is 2.42. The van der Waals surface area contributed by atoms with Crippen LogP contribution in [0.25, 0.3) is 0 Å². The number of likely N-dealkylation sites (tertiary alicyclic amines) is 1. The SMILES string of the molecule is Cc1c(C(=O)NC2CC3CCC(C2)N3c2ccc(C(=O)N[C@@H]3CCN(C)C3)cn2)ccc2c1OCC2. The fourth-order valence-electron chi connectivity index (χ4n) is 6.58. The second-order valence-corrected chi connectivity index (χ2v) is 10.9. The van der Waals surface area contributed by atoms with Gasteiger partial charge in [0.15, 0.2) is 0 Å². The smallest absolute Gasteiger partial charge is 0.253 e. The lowest BCUT2D eigenvalue weighted by molar-refractivity contribution is 0.0922. The highest BCUT2D eigenvalue weighted by atomic mass is 16.5. The molecule has 2 bridgehead atoms. The van der Waals surface area contributed by atoms with E-state index in [4.69, 9.17) is 4.74 Å². The van der Waals surface area contributed by atoms with Crippen molar-refractivity contribution in [1.82, 2.24) is 20.5 Å². The Morgan fingerprint density at radius 2 is 1.78 bits per heavy atom. The van der Waals surface area contributed by atoms with Gasteiger partial charge in [-0.25, -0.2) is 4.98 Å². The summed E-state index contributed by atoms with van der Waals surface area (Å²) in [4.78, 5) is 35.1. The number of carbonyl (C=O) groups is 2. The maximum absolute atomic E-state index is 13.1. The van der Waals surface area contributed by atoms with E-state index < -0.39 is 0 Å². The average molecular weight is 490 g/mol. The van der Waals surface area contributed by atoms with Crippen molar-refractivity contribution < 1.29 is 14.3 Å². The number of nitrogens with zero attached hydrogens (tertiary/aromatic N) is 3. The van der Waals surface area contributed by atoms with Gasteiger partial charge in [-0.2, -0.15) is 0 Å². The highest BCUT2D eigenvalue weighted by Crippen LogP contribution is 2.39. The summed E-state index contributed by atoms with van der Waals surface area (Å²) in [5, 5.41) is 6.43. The van der Waals surface area contributed by atoms with Crippen molar-refractivity contribution in [2.45, 2.75) is 69.6 Å². The van der Waals surface area contributed by atoms with Gasteiger partial charge in [0.05, 0.1) is 12.2 Å². The van der Waals surface area contributed by atoms with Gasteiger partial charge in [-0.05, 0) is 76.4 Å². The number of carbonyl (C=O) groups excluding carboxylic acids is 2. The van der Waals surface area contributed by atoms with E-state index in [1.165, 1.54) is 5.56 Å². The Morgan fingerprint density at radius 3 is 2.47 bits per heavy atom. The number of rotatable bonds is 5. The van der Waals surface area contributed by atoms with E-state index in [2.05, 4.69) is 32.5 Å². The molecule has 6 rings (SSSR count). The van der Waals surface area contributed by atoms with Gasteiger partial charge in [0.1, 0.15) is 11.6 Å². The standard InChI is InChI=1S/C28H35N5O3/c1-17-24(7-3-18-10-12-36-26(17)18)28(35)31-21-13-22-5-6-23(14-21)33(22)25-8-4-19(15-29-25)27(34)30-20-9-11-32(2)16-20/h3-4,7-8,15,20-23H,5-6,9-14,16H2,1-2H3,(H,30,34)(H,31,35)/t20-,21?,22?,23?/m1/s1. The van der Waals surface area contributed by atoms with E-state index in [-0.39, 0.29) is 23.9 Å². The minimum atomic E-state index is -0.0500. The van der Waals surface area contributed by atoms with E-state index in [9.17, 15) is 9.59 Å². The number of fused-ring (bicyclic) bond motifs is 3. The molecular weight excluding hydrogens is 454 g/mol. The van der Waals surface area contributed by atoms with Crippen LogP contribution in [0.3, 0.4) is 0 Å². The molecule has 4 aliphatic heterocycles. The van der Waals surface area contributed by atoms with Crippen molar-refractivity contribution in [3.8, 4) is 5.75 Å². The summed E-state index contributed by atoms with van der Waals surface area (Å²) in [5.74, 6) is 1.75. The van der Waals surface area contributed by atoms with Crippen LogP contribution in [0.4, 0.5) is 5.82 Å². The maximum atomic E-state index is 13.1. The van der Waals surface area contributed by atoms with Crippen LogP contribution in [0.2, 0.25) is 0 Å². The molecule has 2 N–H and O–H groups in total. The molecule has 4 aliphatic rings. The van der Waals surface area contributed by atoms with Gasteiger partial charge in [-0.15, -0.1) is 0 Å². The lowest BCUT2D eigenvalue weighted by Crippen LogP contribution is -2.50. The van der Waals surface area contributed by atoms with Crippen molar-refractivity contribution in [2.24, 2.45) is 0 Å². The summed E-state index contributed by atoms with van der Waals surface area (Å²) in [7, 11) is 2.08. The lowest BCUT2D eigenvalue weighted by atomic mass is 9.96. The number of anilines is 1. The number of benzene rings is 1. The Hall–Kier alpha value is -3.13. The minimum absolute atomic E-state index is 0.00871.